The van der Waals surface area contributed by atoms with Crippen LogP contribution in [0.2, 0.25) is 0 Å². The van der Waals surface area contributed by atoms with Crippen LogP contribution < -0.4 is 4.90 Å². The van der Waals surface area contributed by atoms with E-state index in [1.807, 2.05) is 26.0 Å². The SMILES string of the molecule is Cc1cc(C)c2c(c1)C(C)(C)C(/C=C/C1=C(Cl)C(=C/C=C3/N(CCCC(=O)O)c4c(C)cc(S(=O)(=O)O)cc4C3(C)C)/CCC1)=[N+]2CCCC(=O)O. The monoisotopic (exact) mass is 749 g/mol. The van der Waals surface area contributed by atoms with Gasteiger partial charge < -0.3 is 15.1 Å². The fourth-order valence-electron chi connectivity index (χ4n) is 8.12. The zero-order valence-corrected chi connectivity index (χ0v) is 32.7. The first-order chi connectivity index (χ1) is 24.2. The lowest BCUT2D eigenvalue weighted by molar-refractivity contribution is -0.438. The Morgan fingerprint density at radius 1 is 0.885 bits per heavy atom. The molecule has 2 aromatic rings. The van der Waals surface area contributed by atoms with Crippen molar-refractivity contribution in [2.75, 3.05) is 18.0 Å². The quantitative estimate of drug-likeness (QED) is 0.145. The Morgan fingerprint density at radius 2 is 1.56 bits per heavy atom. The number of anilines is 1. The molecule has 0 bridgehead atoms. The number of fused-ring (bicyclic) bond motifs is 2. The van der Waals surface area contributed by atoms with Crippen LogP contribution in [0.25, 0.3) is 0 Å². The number of rotatable bonds is 12. The number of aryl methyl sites for hydroxylation is 3. The fraction of sp³-hybridized carbons (Fsp3) is 0.439. The van der Waals surface area contributed by atoms with E-state index in [0.29, 0.717) is 36.5 Å². The molecule has 0 saturated carbocycles. The average Bonchev–Trinajstić information content (AvgIpc) is 3.37. The number of carboxylic acid groups (broad SMARTS) is 2. The summed E-state index contributed by atoms with van der Waals surface area (Å²) in [5.41, 5.74) is 9.93. The van der Waals surface area contributed by atoms with E-state index in [2.05, 4.69) is 61.5 Å². The van der Waals surface area contributed by atoms with Crippen LogP contribution in [0.4, 0.5) is 11.4 Å². The summed E-state index contributed by atoms with van der Waals surface area (Å²) in [5, 5.41) is 19.4. The molecule has 3 N–H and O–H groups in total. The third kappa shape index (κ3) is 7.70. The highest BCUT2D eigenvalue weighted by Crippen LogP contribution is 2.50. The lowest BCUT2D eigenvalue weighted by atomic mass is 9.80. The van der Waals surface area contributed by atoms with Crippen LogP contribution in [-0.2, 0) is 30.5 Å². The maximum atomic E-state index is 12.2. The van der Waals surface area contributed by atoms with Gasteiger partial charge in [-0.2, -0.15) is 13.0 Å². The number of hydrogen-bond donors (Lipinski definition) is 3. The number of carboxylic acids is 2. The molecule has 0 spiro atoms. The summed E-state index contributed by atoms with van der Waals surface area (Å²) in [6, 6.07) is 7.37. The average molecular weight is 750 g/mol. The number of halogens is 1. The molecule has 0 saturated heterocycles. The van der Waals surface area contributed by atoms with E-state index in [9.17, 15) is 32.8 Å². The first-order valence-corrected chi connectivity index (χ1v) is 19.7. The second-order valence-electron chi connectivity index (χ2n) is 15.3. The van der Waals surface area contributed by atoms with Crippen LogP contribution in [-0.4, -0.2) is 58.5 Å². The zero-order valence-electron chi connectivity index (χ0n) is 31.1. The van der Waals surface area contributed by atoms with Crippen LogP contribution in [0.1, 0.15) is 100 Å². The van der Waals surface area contributed by atoms with Crippen molar-refractivity contribution in [3.05, 3.63) is 98.3 Å². The lowest BCUT2D eigenvalue weighted by Crippen LogP contribution is -2.28. The van der Waals surface area contributed by atoms with E-state index in [1.54, 1.807) is 6.92 Å². The predicted molar refractivity (Wildman–Crippen MR) is 206 cm³/mol. The van der Waals surface area contributed by atoms with Gasteiger partial charge in [-0.15, -0.1) is 0 Å². The lowest BCUT2D eigenvalue weighted by Gasteiger charge is -2.27. The molecule has 0 radical (unpaired) electrons. The van der Waals surface area contributed by atoms with E-state index in [4.69, 9.17) is 11.6 Å². The van der Waals surface area contributed by atoms with Gasteiger partial charge in [0, 0.05) is 58.4 Å². The second kappa shape index (κ2) is 14.8. The highest BCUT2D eigenvalue weighted by molar-refractivity contribution is 7.85. The van der Waals surface area contributed by atoms with E-state index in [-0.39, 0.29) is 23.2 Å². The van der Waals surface area contributed by atoms with Crippen LogP contribution >= 0.6 is 11.6 Å². The number of allylic oxidation sites excluding steroid dienone is 8. The maximum Gasteiger partial charge on any atom is 0.303 e. The Morgan fingerprint density at radius 3 is 2.21 bits per heavy atom. The van der Waals surface area contributed by atoms with Gasteiger partial charge in [-0.25, -0.2) is 0 Å². The minimum absolute atomic E-state index is 0.00982. The van der Waals surface area contributed by atoms with Gasteiger partial charge in [0.15, 0.2) is 5.71 Å². The maximum absolute atomic E-state index is 12.2. The molecular formula is C41H50ClN2O7S+. The van der Waals surface area contributed by atoms with Crippen molar-refractivity contribution in [1.29, 1.82) is 0 Å². The van der Waals surface area contributed by atoms with Crippen LogP contribution in [0.5, 0.6) is 0 Å². The predicted octanol–water partition coefficient (Wildman–Crippen LogP) is 8.81. The number of benzene rings is 2. The van der Waals surface area contributed by atoms with Crippen molar-refractivity contribution >= 4 is 50.7 Å². The molecule has 52 heavy (non-hydrogen) atoms. The molecule has 1 aliphatic carbocycles. The van der Waals surface area contributed by atoms with Crippen LogP contribution in [0.3, 0.4) is 0 Å². The Bertz CT molecular complexity index is 2100. The first kappa shape index (κ1) is 39.2. The third-order valence-corrected chi connectivity index (χ3v) is 12.0. The molecule has 11 heteroatoms. The summed E-state index contributed by atoms with van der Waals surface area (Å²) in [6.45, 7) is 15.4. The molecule has 0 fully saturated rings. The summed E-state index contributed by atoms with van der Waals surface area (Å²) in [6.07, 6.45) is 11.7. The van der Waals surface area contributed by atoms with E-state index in [1.165, 1.54) is 23.3 Å². The number of carbonyl (C=O) groups is 2. The summed E-state index contributed by atoms with van der Waals surface area (Å²) >= 11 is 7.16. The summed E-state index contributed by atoms with van der Waals surface area (Å²) < 4.78 is 36.5. The Kier molecular flexibility index (Phi) is 11.2. The highest BCUT2D eigenvalue weighted by atomic mass is 35.5. The Labute approximate surface area is 312 Å². The minimum atomic E-state index is -4.44. The van der Waals surface area contributed by atoms with Crippen molar-refractivity contribution < 1.29 is 37.3 Å². The molecule has 0 aromatic heterocycles. The van der Waals surface area contributed by atoms with Gasteiger partial charge in [0.25, 0.3) is 10.1 Å². The van der Waals surface area contributed by atoms with Crippen LogP contribution in [0, 0.1) is 20.8 Å². The van der Waals surface area contributed by atoms with Gasteiger partial charge in [0.2, 0.25) is 5.69 Å². The zero-order chi connectivity index (χ0) is 38.3. The molecule has 278 valence electrons. The van der Waals surface area contributed by atoms with Crippen molar-refractivity contribution in [2.24, 2.45) is 0 Å². The topological polar surface area (TPSA) is 135 Å². The standard InChI is InChI=1S/C41H49ClN2O7S/c1-25-21-26(2)38-31(22-25)40(4,5)33(43(38)19-9-13-35(45)46)17-15-28-11-8-12-29(37(28)42)16-18-34-41(6,7)32-24-30(52(49,50)51)23-27(3)39(32)44(34)20-10-14-36(47)48/h15-18,21-24H,8-14,19-20H2,1-7H3,(H2-,45,46,47,48,49,50,51)/p+1. The molecule has 2 heterocycles. The summed E-state index contributed by atoms with van der Waals surface area (Å²) in [5.74, 6) is -1.70. The van der Waals surface area contributed by atoms with Gasteiger partial charge in [0.1, 0.15) is 6.54 Å². The number of nitrogens with zero attached hydrogens (tertiary/aromatic N) is 2. The van der Waals surface area contributed by atoms with E-state index >= 15 is 0 Å². The molecular weight excluding hydrogens is 700 g/mol. The third-order valence-electron chi connectivity index (χ3n) is 10.7. The van der Waals surface area contributed by atoms with E-state index in [0.717, 1.165) is 64.3 Å². The molecule has 2 aromatic carbocycles. The normalized spacial score (nSPS) is 19.7. The van der Waals surface area contributed by atoms with Crippen LogP contribution in [0.15, 0.2) is 75.3 Å². The molecule has 0 atom stereocenters. The molecule has 0 amide bonds. The summed E-state index contributed by atoms with van der Waals surface area (Å²) in [4.78, 5) is 24.7. The number of aliphatic carboxylic acids is 2. The largest absolute Gasteiger partial charge is 0.481 e. The molecule has 0 unspecified atom stereocenters. The van der Waals surface area contributed by atoms with E-state index < -0.39 is 27.5 Å². The van der Waals surface area contributed by atoms with Crippen molar-refractivity contribution in [2.45, 2.75) is 109 Å². The Balaban J connectivity index is 1.55. The number of hydrogen-bond acceptors (Lipinski definition) is 5. The minimum Gasteiger partial charge on any atom is -0.481 e. The second-order valence-corrected chi connectivity index (χ2v) is 17.1. The van der Waals surface area contributed by atoms with Crippen molar-refractivity contribution in [3.63, 3.8) is 0 Å². The molecule has 2 aliphatic heterocycles. The van der Waals surface area contributed by atoms with Gasteiger partial charge >= 0.3 is 11.9 Å². The smallest absolute Gasteiger partial charge is 0.303 e. The van der Waals surface area contributed by atoms with Gasteiger partial charge in [-0.1, -0.05) is 43.2 Å². The van der Waals surface area contributed by atoms with Gasteiger partial charge in [-0.05, 0) is 113 Å². The highest BCUT2D eigenvalue weighted by Gasteiger charge is 2.45. The summed E-state index contributed by atoms with van der Waals surface area (Å²) in [7, 11) is -4.44. The van der Waals surface area contributed by atoms with Gasteiger partial charge in [-0.3, -0.25) is 14.1 Å². The first-order valence-electron chi connectivity index (χ1n) is 17.8. The van der Waals surface area contributed by atoms with Crippen molar-refractivity contribution in [3.8, 4) is 0 Å². The Hall–Kier alpha value is -3.99. The van der Waals surface area contributed by atoms with Gasteiger partial charge in [0.05, 0.1) is 16.7 Å². The molecule has 3 aliphatic rings. The van der Waals surface area contributed by atoms with Crippen molar-refractivity contribution in [1.82, 2.24) is 0 Å². The molecule has 5 rings (SSSR count). The molecule has 9 nitrogen and oxygen atoms in total. The fourth-order valence-corrected chi connectivity index (χ4v) is 9.03.